The smallest absolute Gasteiger partial charge is 0.305 e. The van der Waals surface area contributed by atoms with E-state index in [1.54, 1.807) is 0 Å². The van der Waals surface area contributed by atoms with Crippen LogP contribution < -0.4 is 0 Å². The molecular formula is C25H39NO6. The first-order valence-electron chi connectivity index (χ1n) is 12.5. The van der Waals surface area contributed by atoms with Gasteiger partial charge in [0.05, 0.1) is 13.5 Å². The molecule has 0 bridgehead atoms. The van der Waals surface area contributed by atoms with Crippen LogP contribution in [0.4, 0.5) is 0 Å². The van der Waals surface area contributed by atoms with Gasteiger partial charge in [-0.1, -0.05) is 13.8 Å². The van der Waals surface area contributed by atoms with Crippen LogP contribution in [0.3, 0.4) is 0 Å². The summed E-state index contributed by atoms with van der Waals surface area (Å²) in [6.07, 6.45) is 8.96. The number of carbonyl (C=O) groups is 2. The van der Waals surface area contributed by atoms with Crippen LogP contribution >= 0.6 is 0 Å². The molecule has 0 aliphatic heterocycles. The van der Waals surface area contributed by atoms with Crippen molar-refractivity contribution in [1.82, 2.24) is 0 Å². The number of esters is 2. The lowest BCUT2D eigenvalue weighted by Crippen LogP contribution is -2.59. The number of rotatable bonds is 5. The maximum atomic E-state index is 12.5. The molecular weight excluding hydrogens is 410 g/mol. The standard InChI is InChI=1S/C25H39NO6/c1-16(27)32-18-7-11-23(2)17(15-18)5-6-19-20(23)8-12-24(3)21(19)9-13-25(24,26(29)30)14-10-22(28)31-4/h17-21H,5-15H2,1-4H3/t17-,18+,19?,20?,21?,23+,24+,25-/m1/s1. The van der Waals surface area contributed by atoms with E-state index in [1.807, 2.05) is 0 Å². The first-order valence-corrected chi connectivity index (χ1v) is 12.5. The van der Waals surface area contributed by atoms with E-state index < -0.39 is 5.54 Å². The lowest BCUT2D eigenvalue weighted by molar-refractivity contribution is -0.592. The molecule has 0 amide bonds. The van der Waals surface area contributed by atoms with E-state index in [0.717, 1.165) is 51.4 Å². The second-order valence-corrected chi connectivity index (χ2v) is 11.5. The van der Waals surface area contributed by atoms with Crippen LogP contribution in [-0.2, 0) is 19.1 Å². The first kappa shape index (κ1) is 23.5. The minimum Gasteiger partial charge on any atom is -0.469 e. The number of nitrogens with zero attached hydrogens (tertiary/aromatic N) is 1. The van der Waals surface area contributed by atoms with Gasteiger partial charge in [-0.05, 0) is 80.5 Å². The molecule has 0 N–H and O–H groups in total. The summed E-state index contributed by atoms with van der Waals surface area (Å²) in [6, 6.07) is 0. The molecule has 7 heteroatoms. The van der Waals surface area contributed by atoms with E-state index in [2.05, 4.69) is 13.8 Å². The van der Waals surface area contributed by atoms with E-state index in [1.165, 1.54) is 14.0 Å². The fraction of sp³-hybridized carbons (Fsp3) is 0.920. The monoisotopic (exact) mass is 449 g/mol. The molecule has 0 aromatic rings. The van der Waals surface area contributed by atoms with Crippen molar-refractivity contribution < 1.29 is 24.0 Å². The maximum absolute atomic E-state index is 12.5. The van der Waals surface area contributed by atoms with E-state index >= 15 is 0 Å². The average Bonchev–Trinajstić information content (AvgIpc) is 3.05. The maximum Gasteiger partial charge on any atom is 0.305 e. The van der Waals surface area contributed by atoms with E-state index in [9.17, 15) is 19.7 Å². The van der Waals surface area contributed by atoms with Gasteiger partial charge in [-0.15, -0.1) is 0 Å². The number of hydrogen-bond acceptors (Lipinski definition) is 6. The Balaban J connectivity index is 1.55. The second-order valence-electron chi connectivity index (χ2n) is 11.5. The van der Waals surface area contributed by atoms with Gasteiger partial charge < -0.3 is 9.47 Å². The highest BCUT2D eigenvalue weighted by molar-refractivity contribution is 5.69. The van der Waals surface area contributed by atoms with Crippen molar-refractivity contribution >= 4 is 11.9 Å². The molecule has 180 valence electrons. The Morgan fingerprint density at radius 1 is 1.03 bits per heavy atom. The largest absolute Gasteiger partial charge is 0.469 e. The third kappa shape index (κ3) is 3.45. The molecule has 3 unspecified atom stereocenters. The molecule has 4 saturated carbocycles. The second kappa shape index (κ2) is 8.28. The summed E-state index contributed by atoms with van der Waals surface area (Å²) in [5, 5.41) is 12.5. The third-order valence-corrected chi connectivity index (χ3v) is 10.6. The first-order chi connectivity index (χ1) is 15.1. The Bertz CT molecular complexity index is 784. The number of ether oxygens (including phenoxy) is 2. The highest BCUT2D eigenvalue weighted by Gasteiger charge is 2.70. The molecule has 4 aliphatic rings. The average molecular weight is 450 g/mol. The summed E-state index contributed by atoms with van der Waals surface area (Å²) in [6.45, 7) is 6.08. The zero-order chi connectivity index (χ0) is 23.3. The van der Waals surface area contributed by atoms with Crippen LogP contribution in [0.5, 0.6) is 0 Å². The Labute approximate surface area is 191 Å². The highest BCUT2D eigenvalue weighted by atomic mass is 16.6. The Hall–Kier alpha value is -1.66. The van der Waals surface area contributed by atoms with Crippen molar-refractivity contribution in [2.45, 2.75) is 103 Å². The molecule has 4 aliphatic carbocycles. The van der Waals surface area contributed by atoms with Crippen LogP contribution in [0.15, 0.2) is 0 Å². The molecule has 0 saturated heterocycles. The number of methoxy groups -OCH3 is 1. The van der Waals surface area contributed by atoms with Crippen molar-refractivity contribution in [1.29, 1.82) is 0 Å². The van der Waals surface area contributed by atoms with Crippen molar-refractivity contribution in [2.75, 3.05) is 7.11 Å². The van der Waals surface area contributed by atoms with Crippen LogP contribution in [0.1, 0.15) is 91.4 Å². The molecule has 4 rings (SSSR count). The van der Waals surface area contributed by atoms with Crippen molar-refractivity contribution in [3.63, 3.8) is 0 Å². The van der Waals surface area contributed by atoms with Crippen LogP contribution in [0.25, 0.3) is 0 Å². The normalized spacial score (nSPS) is 45.2. The summed E-state index contributed by atoms with van der Waals surface area (Å²) < 4.78 is 10.4. The summed E-state index contributed by atoms with van der Waals surface area (Å²) in [5.74, 6) is 1.46. The highest BCUT2D eigenvalue weighted by Crippen LogP contribution is 2.69. The molecule has 32 heavy (non-hydrogen) atoms. The predicted octanol–water partition coefficient (Wildman–Crippen LogP) is 4.93. The Morgan fingerprint density at radius 3 is 2.41 bits per heavy atom. The summed E-state index contributed by atoms with van der Waals surface area (Å²) in [7, 11) is 1.35. The summed E-state index contributed by atoms with van der Waals surface area (Å²) in [4.78, 5) is 35.7. The number of hydrogen-bond donors (Lipinski definition) is 0. The molecule has 0 spiro atoms. The van der Waals surface area contributed by atoms with Gasteiger partial charge in [0.15, 0.2) is 0 Å². The van der Waals surface area contributed by atoms with Crippen molar-refractivity contribution in [3.8, 4) is 0 Å². The molecule has 0 radical (unpaired) electrons. The van der Waals surface area contributed by atoms with E-state index in [-0.39, 0.29) is 46.6 Å². The van der Waals surface area contributed by atoms with E-state index in [0.29, 0.717) is 30.1 Å². The topological polar surface area (TPSA) is 95.7 Å². The van der Waals surface area contributed by atoms with Gasteiger partial charge in [0.1, 0.15) is 6.10 Å². The van der Waals surface area contributed by atoms with Crippen LogP contribution in [0, 0.1) is 44.6 Å². The molecule has 0 aromatic heterocycles. The quantitative estimate of drug-likeness (QED) is 0.335. The van der Waals surface area contributed by atoms with Crippen molar-refractivity contribution in [2.24, 2.45) is 34.5 Å². The third-order valence-electron chi connectivity index (χ3n) is 10.6. The van der Waals surface area contributed by atoms with Gasteiger partial charge in [-0.25, -0.2) is 0 Å². The zero-order valence-electron chi connectivity index (χ0n) is 20.1. The van der Waals surface area contributed by atoms with E-state index in [4.69, 9.17) is 9.47 Å². The zero-order valence-corrected chi connectivity index (χ0v) is 20.1. The van der Waals surface area contributed by atoms with Crippen LogP contribution in [-0.4, -0.2) is 35.6 Å². The molecule has 7 nitrogen and oxygen atoms in total. The molecule has 8 atom stereocenters. The Kier molecular flexibility index (Phi) is 6.08. The van der Waals surface area contributed by atoms with Gasteiger partial charge in [0, 0.05) is 30.1 Å². The summed E-state index contributed by atoms with van der Waals surface area (Å²) in [5.41, 5.74) is -1.17. The minimum atomic E-state index is -1.03. The fourth-order valence-corrected chi connectivity index (χ4v) is 8.88. The van der Waals surface area contributed by atoms with Gasteiger partial charge in [-0.3, -0.25) is 19.7 Å². The summed E-state index contributed by atoms with van der Waals surface area (Å²) >= 11 is 0. The molecule has 0 aromatic carbocycles. The lowest BCUT2D eigenvalue weighted by atomic mass is 9.44. The minimum absolute atomic E-state index is 0.0444. The number of carbonyl (C=O) groups excluding carboxylic acids is 2. The van der Waals surface area contributed by atoms with Gasteiger partial charge in [-0.2, -0.15) is 0 Å². The van der Waals surface area contributed by atoms with Gasteiger partial charge >= 0.3 is 11.9 Å². The van der Waals surface area contributed by atoms with Gasteiger partial charge in [0.25, 0.3) is 0 Å². The predicted molar refractivity (Wildman–Crippen MR) is 118 cm³/mol. The van der Waals surface area contributed by atoms with Crippen molar-refractivity contribution in [3.05, 3.63) is 10.1 Å². The number of nitro groups is 1. The van der Waals surface area contributed by atoms with Gasteiger partial charge in [0.2, 0.25) is 5.54 Å². The lowest BCUT2D eigenvalue weighted by Gasteiger charge is -2.61. The van der Waals surface area contributed by atoms with Crippen LogP contribution in [0.2, 0.25) is 0 Å². The fourth-order valence-electron chi connectivity index (χ4n) is 8.88. The number of fused-ring (bicyclic) bond motifs is 5. The molecule has 0 heterocycles. The SMILES string of the molecule is COC(=O)CC[C@]1([N+](=O)[O-])CCC2C3CC[C@@H]4C[C@@H](OC(C)=O)CC[C@]4(C)C3CC[C@@]21C. The Morgan fingerprint density at radius 2 is 1.75 bits per heavy atom. The molecule has 4 fully saturated rings.